The van der Waals surface area contributed by atoms with E-state index in [0.717, 1.165) is 29.4 Å². The predicted molar refractivity (Wildman–Crippen MR) is 63.0 cm³/mol. The number of benzene rings is 1. The Morgan fingerprint density at radius 3 is 2.31 bits per heavy atom. The van der Waals surface area contributed by atoms with Crippen LogP contribution < -0.4 is 4.74 Å². The van der Waals surface area contributed by atoms with Crippen LogP contribution in [0.3, 0.4) is 0 Å². The topological polar surface area (TPSA) is 9.23 Å². The lowest BCUT2D eigenvalue weighted by molar-refractivity contribution is 0.319. The van der Waals surface area contributed by atoms with Gasteiger partial charge in [0.2, 0.25) is 0 Å². The third-order valence-corrected chi connectivity index (χ3v) is 2.83. The van der Waals surface area contributed by atoms with Gasteiger partial charge in [0.15, 0.2) is 0 Å². The van der Waals surface area contributed by atoms with Crippen molar-refractivity contribution < 1.29 is 4.74 Å². The van der Waals surface area contributed by atoms with Crippen molar-refractivity contribution in [3.63, 3.8) is 0 Å². The lowest BCUT2D eigenvalue weighted by atomic mass is 10.2. The fourth-order valence-corrected chi connectivity index (χ4v) is 1.52. The normalized spacial score (nSPS) is 10.0. The molecule has 0 aromatic heterocycles. The van der Waals surface area contributed by atoms with Crippen LogP contribution in [0.25, 0.3) is 0 Å². The van der Waals surface area contributed by atoms with Crippen LogP contribution in [-0.2, 0) is 5.33 Å². The summed E-state index contributed by atoms with van der Waals surface area (Å²) in [7, 11) is 0. The number of hydrogen-bond acceptors (Lipinski definition) is 1. The van der Waals surface area contributed by atoms with Crippen LogP contribution in [0, 0.1) is 0 Å². The molecule has 0 bridgehead atoms. The summed E-state index contributed by atoms with van der Waals surface area (Å²) in [4.78, 5) is 0. The van der Waals surface area contributed by atoms with Gasteiger partial charge in [0.1, 0.15) is 5.75 Å². The van der Waals surface area contributed by atoms with Crippen LogP contribution >= 0.6 is 31.9 Å². The second kappa shape index (κ2) is 6.44. The van der Waals surface area contributed by atoms with E-state index in [4.69, 9.17) is 4.74 Å². The molecule has 0 aliphatic heterocycles. The summed E-state index contributed by atoms with van der Waals surface area (Å²) in [5.41, 5.74) is 1.27. The van der Waals surface area contributed by atoms with Crippen molar-refractivity contribution in [2.24, 2.45) is 0 Å². The Morgan fingerprint density at radius 2 is 1.77 bits per heavy atom. The molecule has 1 aromatic rings. The summed E-state index contributed by atoms with van der Waals surface area (Å²) < 4.78 is 5.50. The van der Waals surface area contributed by atoms with Gasteiger partial charge < -0.3 is 4.74 Å². The van der Waals surface area contributed by atoms with E-state index in [1.54, 1.807) is 0 Å². The summed E-state index contributed by atoms with van der Waals surface area (Å²) in [6.07, 6.45) is 1.04. The van der Waals surface area contributed by atoms with Gasteiger partial charge >= 0.3 is 0 Å². The summed E-state index contributed by atoms with van der Waals surface area (Å²) in [5.74, 6) is 0.950. The molecule has 13 heavy (non-hydrogen) atoms. The first-order valence-electron chi connectivity index (χ1n) is 4.20. The van der Waals surface area contributed by atoms with Crippen molar-refractivity contribution in [1.82, 2.24) is 0 Å². The molecule has 0 aliphatic carbocycles. The van der Waals surface area contributed by atoms with Gasteiger partial charge in [-0.05, 0) is 24.1 Å². The lowest BCUT2D eigenvalue weighted by Crippen LogP contribution is -1.97. The van der Waals surface area contributed by atoms with Gasteiger partial charge in [-0.1, -0.05) is 44.0 Å². The minimum atomic E-state index is 0.777. The first kappa shape index (κ1) is 11.1. The SMILES string of the molecule is BrCCCOc1ccc(CBr)cc1. The fourth-order valence-electron chi connectivity index (χ4n) is 0.919. The number of halogens is 2. The van der Waals surface area contributed by atoms with E-state index in [-0.39, 0.29) is 0 Å². The Morgan fingerprint density at radius 1 is 1.08 bits per heavy atom. The van der Waals surface area contributed by atoms with Crippen LogP contribution in [0.15, 0.2) is 24.3 Å². The monoisotopic (exact) mass is 306 g/mol. The van der Waals surface area contributed by atoms with E-state index in [0.29, 0.717) is 0 Å². The second-order valence-electron chi connectivity index (χ2n) is 2.67. The summed E-state index contributed by atoms with van der Waals surface area (Å²) >= 11 is 6.76. The maximum atomic E-state index is 5.50. The third kappa shape index (κ3) is 4.14. The maximum absolute atomic E-state index is 5.50. The van der Waals surface area contributed by atoms with Crippen LogP contribution in [-0.4, -0.2) is 11.9 Å². The van der Waals surface area contributed by atoms with E-state index in [1.807, 2.05) is 12.1 Å². The first-order chi connectivity index (χ1) is 6.36. The van der Waals surface area contributed by atoms with E-state index in [9.17, 15) is 0 Å². The average Bonchev–Trinajstić information content (AvgIpc) is 2.19. The van der Waals surface area contributed by atoms with Gasteiger partial charge in [-0.2, -0.15) is 0 Å². The summed E-state index contributed by atoms with van der Waals surface area (Å²) in [5, 5.41) is 1.89. The van der Waals surface area contributed by atoms with Crippen molar-refractivity contribution >= 4 is 31.9 Å². The van der Waals surface area contributed by atoms with Gasteiger partial charge in [-0.3, -0.25) is 0 Å². The summed E-state index contributed by atoms with van der Waals surface area (Å²) in [6.45, 7) is 0.777. The molecule has 0 spiro atoms. The fraction of sp³-hybridized carbons (Fsp3) is 0.400. The number of rotatable bonds is 5. The molecule has 3 heteroatoms. The third-order valence-electron chi connectivity index (χ3n) is 1.62. The Balaban J connectivity index is 2.40. The highest BCUT2D eigenvalue weighted by Crippen LogP contribution is 2.14. The lowest BCUT2D eigenvalue weighted by Gasteiger charge is -2.04. The molecule has 0 N–H and O–H groups in total. The number of ether oxygens (including phenoxy) is 1. The van der Waals surface area contributed by atoms with Crippen molar-refractivity contribution in [3.05, 3.63) is 29.8 Å². The molecular weight excluding hydrogens is 296 g/mol. The Bertz CT molecular complexity index is 233. The van der Waals surface area contributed by atoms with Gasteiger partial charge in [0.25, 0.3) is 0 Å². The highest BCUT2D eigenvalue weighted by atomic mass is 79.9. The summed E-state index contributed by atoms with van der Waals surface area (Å²) in [6, 6.07) is 8.14. The molecule has 1 rings (SSSR count). The van der Waals surface area contributed by atoms with E-state index >= 15 is 0 Å². The van der Waals surface area contributed by atoms with Crippen molar-refractivity contribution in [1.29, 1.82) is 0 Å². The first-order valence-corrected chi connectivity index (χ1v) is 6.45. The minimum absolute atomic E-state index is 0.777. The van der Waals surface area contributed by atoms with Gasteiger partial charge in [0.05, 0.1) is 6.61 Å². The molecular formula is C10H12Br2O. The smallest absolute Gasteiger partial charge is 0.119 e. The van der Waals surface area contributed by atoms with E-state index in [2.05, 4.69) is 44.0 Å². The largest absolute Gasteiger partial charge is 0.494 e. The molecule has 0 saturated heterocycles. The molecule has 0 heterocycles. The predicted octanol–water partition coefficient (Wildman–Crippen LogP) is 3.75. The Labute approximate surface area is 95.7 Å². The molecule has 72 valence electrons. The highest BCUT2D eigenvalue weighted by molar-refractivity contribution is 9.09. The molecule has 0 saturated carbocycles. The zero-order valence-electron chi connectivity index (χ0n) is 7.30. The van der Waals surface area contributed by atoms with Crippen LogP contribution in [0.1, 0.15) is 12.0 Å². The number of alkyl halides is 2. The maximum Gasteiger partial charge on any atom is 0.119 e. The number of hydrogen-bond donors (Lipinski definition) is 0. The molecule has 0 unspecified atom stereocenters. The zero-order chi connectivity index (χ0) is 9.52. The molecule has 0 fully saturated rings. The van der Waals surface area contributed by atoms with Crippen molar-refractivity contribution in [2.45, 2.75) is 11.8 Å². The van der Waals surface area contributed by atoms with Crippen LogP contribution in [0.2, 0.25) is 0 Å². The quantitative estimate of drug-likeness (QED) is 0.595. The minimum Gasteiger partial charge on any atom is -0.494 e. The second-order valence-corrected chi connectivity index (χ2v) is 4.02. The van der Waals surface area contributed by atoms with E-state index < -0.39 is 0 Å². The van der Waals surface area contributed by atoms with E-state index in [1.165, 1.54) is 5.56 Å². The van der Waals surface area contributed by atoms with Gasteiger partial charge in [-0.15, -0.1) is 0 Å². The Hall–Kier alpha value is -0.0200. The van der Waals surface area contributed by atoms with Crippen LogP contribution in [0.4, 0.5) is 0 Å². The standard InChI is InChI=1S/C10H12Br2O/c11-6-1-7-13-10-4-2-9(8-12)3-5-10/h2-5H,1,6-8H2. The van der Waals surface area contributed by atoms with Crippen LogP contribution in [0.5, 0.6) is 5.75 Å². The molecule has 1 aromatic carbocycles. The molecule has 0 aliphatic rings. The molecule has 1 nitrogen and oxygen atoms in total. The molecule has 0 amide bonds. The van der Waals surface area contributed by atoms with Gasteiger partial charge in [-0.25, -0.2) is 0 Å². The van der Waals surface area contributed by atoms with Gasteiger partial charge in [0, 0.05) is 10.7 Å². The molecule has 0 atom stereocenters. The average molecular weight is 308 g/mol. The zero-order valence-corrected chi connectivity index (χ0v) is 10.5. The Kier molecular flexibility index (Phi) is 5.47. The highest BCUT2D eigenvalue weighted by Gasteiger charge is 1.93. The van der Waals surface area contributed by atoms with Crippen molar-refractivity contribution in [3.8, 4) is 5.75 Å². The van der Waals surface area contributed by atoms with Crippen molar-refractivity contribution in [2.75, 3.05) is 11.9 Å². The molecule has 0 radical (unpaired) electrons.